The first kappa shape index (κ1) is 23.9. The van der Waals surface area contributed by atoms with E-state index >= 15 is 0 Å². The first-order valence-electron chi connectivity index (χ1n) is 13.6. The number of furan rings is 1. The van der Waals surface area contributed by atoms with Crippen molar-refractivity contribution in [1.29, 1.82) is 0 Å². The van der Waals surface area contributed by atoms with Crippen molar-refractivity contribution in [3.05, 3.63) is 72.1 Å². The minimum atomic E-state index is -0.421. The molecule has 8 nitrogen and oxygen atoms in total. The number of para-hydroxylation sites is 2. The third-order valence-electron chi connectivity index (χ3n) is 8.43. The molecule has 5 heterocycles. The molecule has 2 aromatic carbocycles. The Balaban J connectivity index is 1.26. The second kappa shape index (κ2) is 9.54. The Bertz CT molecular complexity index is 1650. The Morgan fingerprint density at radius 2 is 1.59 bits per heavy atom. The number of nitrogens with zero attached hydrogens (tertiary/aromatic N) is 2. The van der Waals surface area contributed by atoms with Crippen LogP contribution in [0.25, 0.3) is 33.0 Å². The molecule has 3 amide bonds. The van der Waals surface area contributed by atoms with Crippen LogP contribution in [0.3, 0.4) is 0 Å². The molecule has 8 heteroatoms. The molecule has 0 bridgehead atoms. The van der Waals surface area contributed by atoms with Gasteiger partial charge in [-0.25, -0.2) is 0 Å². The number of likely N-dealkylation sites (tertiary alicyclic amines) is 1. The molecule has 2 aromatic heterocycles. The number of hydrogen-bond acceptors (Lipinski definition) is 5. The Labute approximate surface area is 225 Å². The molecule has 2 fully saturated rings. The van der Waals surface area contributed by atoms with Gasteiger partial charge in [-0.1, -0.05) is 36.4 Å². The Morgan fingerprint density at radius 3 is 2.38 bits per heavy atom. The van der Waals surface area contributed by atoms with E-state index in [1.807, 2.05) is 53.6 Å². The van der Waals surface area contributed by atoms with Crippen LogP contribution in [0.5, 0.6) is 0 Å². The SMILES string of the molecule is O=C1NC(=O)C(c2cccc3ccoc23)=C1c1cn(C2CCN(C(=O)C3CCOCC3)CC2)c2ccccc12. The number of hydrogen-bond donors (Lipinski definition) is 1. The molecule has 7 rings (SSSR count). The third-order valence-corrected chi connectivity index (χ3v) is 8.43. The maximum Gasteiger partial charge on any atom is 0.259 e. The molecule has 3 aliphatic heterocycles. The second-order valence-corrected chi connectivity index (χ2v) is 10.6. The zero-order chi connectivity index (χ0) is 26.5. The van der Waals surface area contributed by atoms with Gasteiger partial charge in [0.25, 0.3) is 11.8 Å². The largest absolute Gasteiger partial charge is 0.464 e. The number of benzene rings is 2. The average molecular weight is 524 g/mol. The molecule has 39 heavy (non-hydrogen) atoms. The molecule has 0 spiro atoms. The fourth-order valence-electron chi connectivity index (χ4n) is 6.43. The summed E-state index contributed by atoms with van der Waals surface area (Å²) in [5.41, 5.74) is 3.63. The summed E-state index contributed by atoms with van der Waals surface area (Å²) in [6, 6.07) is 15.6. The number of piperidine rings is 1. The topological polar surface area (TPSA) is 93.8 Å². The molecule has 0 saturated carbocycles. The van der Waals surface area contributed by atoms with Gasteiger partial charge >= 0.3 is 0 Å². The van der Waals surface area contributed by atoms with E-state index in [-0.39, 0.29) is 17.9 Å². The van der Waals surface area contributed by atoms with Crippen LogP contribution >= 0.6 is 0 Å². The lowest BCUT2D eigenvalue weighted by atomic mass is 9.95. The monoisotopic (exact) mass is 523 g/mol. The highest BCUT2D eigenvalue weighted by Crippen LogP contribution is 2.40. The van der Waals surface area contributed by atoms with Gasteiger partial charge in [-0.15, -0.1) is 0 Å². The molecule has 0 unspecified atom stereocenters. The summed E-state index contributed by atoms with van der Waals surface area (Å²) in [6.07, 6.45) is 6.86. The number of fused-ring (bicyclic) bond motifs is 2. The number of imide groups is 1. The quantitative estimate of drug-likeness (QED) is 0.396. The van der Waals surface area contributed by atoms with Gasteiger partial charge in [0, 0.05) is 71.9 Å². The van der Waals surface area contributed by atoms with Crippen molar-refractivity contribution in [1.82, 2.24) is 14.8 Å². The summed E-state index contributed by atoms with van der Waals surface area (Å²) in [7, 11) is 0. The van der Waals surface area contributed by atoms with E-state index in [1.54, 1.807) is 6.26 Å². The van der Waals surface area contributed by atoms with Crippen molar-refractivity contribution >= 4 is 50.7 Å². The van der Waals surface area contributed by atoms with E-state index in [0.29, 0.717) is 48.6 Å². The zero-order valence-electron chi connectivity index (χ0n) is 21.5. The summed E-state index contributed by atoms with van der Waals surface area (Å²) in [5, 5.41) is 4.31. The van der Waals surface area contributed by atoms with E-state index in [1.165, 1.54) is 0 Å². The number of carbonyl (C=O) groups excluding carboxylic acids is 3. The van der Waals surface area contributed by atoms with Crippen LogP contribution in [0, 0.1) is 5.92 Å². The molecule has 1 N–H and O–H groups in total. The van der Waals surface area contributed by atoms with Crippen molar-refractivity contribution in [3.63, 3.8) is 0 Å². The van der Waals surface area contributed by atoms with Crippen LogP contribution in [0.4, 0.5) is 0 Å². The number of ether oxygens (including phenoxy) is 1. The van der Waals surface area contributed by atoms with E-state index in [2.05, 4.69) is 16.0 Å². The molecule has 0 aliphatic carbocycles. The predicted molar refractivity (Wildman–Crippen MR) is 147 cm³/mol. The van der Waals surface area contributed by atoms with Crippen LogP contribution in [-0.4, -0.2) is 53.5 Å². The Morgan fingerprint density at radius 1 is 0.846 bits per heavy atom. The molecule has 3 aliphatic rings. The first-order chi connectivity index (χ1) is 19.1. The van der Waals surface area contributed by atoms with Crippen LogP contribution in [0.1, 0.15) is 42.9 Å². The van der Waals surface area contributed by atoms with Crippen molar-refractivity contribution in [2.45, 2.75) is 31.7 Å². The van der Waals surface area contributed by atoms with E-state index in [0.717, 1.165) is 47.5 Å². The van der Waals surface area contributed by atoms with Gasteiger partial charge in [-0.2, -0.15) is 0 Å². The molecular weight excluding hydrogens is 494 g/mol. The minimum absolute atomic E-state index is 0.0664. The van der Waals surface area contributed by atoms with Gasteiger partial charge in [0.15, 0.2) is 0 Å². The van der Waals surface area contributed by atoms with Gasteiger partial charge in [-0.05, 0) is 37.8 Å². The molecule has 2 saturated heterocycles. The summed E-state index contributed by atoms with van der Waals surface area (Å²) < 4.78 is 13.4. The number of aromatic nitrogens is 1. The maximum absolute atomic E-state index is 13.3. The van der Waals surface area contributed by atoms with E-state index < -0.39 is 11.8 Å². The van der Waals surface area contributed by atoms with E-state index in [9.17, 15) is 14.4 Å². The number of amides is 3. The maximum atomic E-state index is 13.3. The highest BCUT2D eigenvalue weighted by molar-refractivity contribution is 6.50. The summed E-state index contributed by atoms with van der Waals surface area (Å²) >= 11 is 0. The summed E-state index contributed by atoms with van der Waals surface area (Å²) in [4.78, 5) is 41.5. The van der Waals surface area contributed by atoms with E-state index in [4.69, 9.17) is 9.15 Å². The number of carbonyl (C=O) groups is 3. The molecule has 4 aromatic rings. The molecule has 198 valence electrons. The highest BCUT2D eigenvalue weighted by atomic mass is 16.5. The minimum Gasteiger partial charge on any atom is -0.464 e. The van der Waals surface area contributed by atoms with Gasteiger partial charge in [0.05, 0.1) is 17.4 Å². The fraction of sp³-hybridized carbons (Fsp3) is 0.323. The third kappa shape index (κ3) is 3.98. The Hall–Kier alpha value is -4.17. The lowest BCUT2D eigenvalue weighted by Crippen LogP contribution is -2.43. The summed E-state index contributed by atoms with van der Waals surface area (Å²) in [5.74, 6) is -0.511. The molecular formula is C31H29N3O5. The number of rotatable bonds is 4. The first-order valence-corrected chi connectivity index (χ1v) is 13.6. The lowest BCUT2D eigenvalue weighted by molar-refractivity contribution is -0.139. The number of nitrogens with one attached hydrogen (secondary N) is 1. The average Bonchev–Trinajstić information content (AvgIpc) is 3.68. The lowest BCUT2D eigenvalue weighted by Gasteiger charge is -2.36. The zero-order valence-corrected chi connectivity index (χ0v) is 21.5. The van der Waals surface area contributed by atoms with Crippen molar-refractivity contribution in [2.24, 2.45) is 5.92 Å². The van der Waals surface area contributed by atoms with Crippen molar-refractivity contribution < 1.29 is 23.5 Å². The van der Waals surface area contributed by atoms with Crippen LogP contribution < -0.4 is 5.32 Å². The highest BCUT2D eigenvalue weighted by Gasteiger charge is 2.36. The van der Waals surface area contributed by atoms with Crippen molar-refractivity contribution in [3.8, 4) is 0 Å². The summed E-state index contributed by atoms with van der Waals surface area (Å²) in [6.45, 7) is 2.73. The van der Waals surface area contributed by atoms with Gasteiger partial charge < -0.3 is 18.6 Å². The smallest absolute Gasteiger partial charge is 0.259 e. The predicted octanol–water partition coefficient (Wildman–Crippen LogP) is 4.54. The standard InChI is InChI=1S/C31H29N3O5/c35-29-26(23-6-3-4-19-12-17-39-28(19)23)27(30(36)32-29)24-18-34(25-7-2-1-5-22(24)25)21-8-13-33(14-9-21)31(37)20-10-15-38-16-11-20/h1-7,12,17-18,20-21H,8-11,13-16H2,(H,32,35,36). The van der Waals surface area contributed by atoms with Crippen LogP contribution in [0.2, 0.25) is 0 Å². The Kier molecular flexibility index (Phi) is 5.85. The molecule has 0 atom stereocenters. The molecule has 0 radical (unpaired) electrons. The van der Waals surface area contributed by atoms with Crippen LogP contribution in [0.15, 0.2) is 65.4 Å². The van der Waals surface area contributed by atoms with Gasteiger partial charge in [-0.3, -0.25) is 19.7 Å². The van der Waals surface area contributed by atoms with Gasteiger partial charge in [0.1, 0.15) is 5.58 Å². The van der Waals surface area contributed by atoms with Crippen molar-refractivity contribution in [2.75, 3.05) is 26.3 Å². The normalized spacial score (nSPS) is 19.4. The van der Waals surface area contributed by atoms with Crippen LogP contribution in [-0.2, 0) is 19.1 Å². The second-order valence-electron chi connectivity index (χ2n) is 10.6. The van der Waals surface area contributed by atoms with Gasteiger partial charge in [0.2, 0.25) is 5.91 Å². The fourth-order valence-corrected chi connectivity index (χ4v) is 6.43.